The van der Waals surface area contributed by atoms with Crippen LogP contribution in [0, 0.1) is 0 Å². The minimum atomic E-state index is -0.0575. The zero-order valence-electron chi connectivity index (χ0n) is 12.5. The highest BCUT2D eigenvalue weighted by molar-refractivity contribution is 6.29. The van der Waals surface area contributed by atoms with Crippen LogP contribution in [0.4, 0.5) is 5.82 Å². The van der Waals surface area contributed by atoms with Crippen LogP contribution >= 0.6 is 11.6 Å². The number of nitrogens with zero attached hydrogens (tertiary/aromatic N) is 3. The maximum atomic E-state index is 12.4. The van der Waals surface area contributed by atoms with Gasteiger partial charge in [-0.25, -0.2) is 4.99 Å². The monoisotopic (exact) mass is 308 g/mol. The van der Waals surface area contributed by atoms with Crippen LogP contribution in [-0.2, 0) is 0 Å². The Kier molecular flexibility index (Phi) is 4.73. The average Bonchev–Trinajstić information content (AvgIpc) is 3.03. The van der Waals surface area contributed by atoms with Gasteiger partial charge >= 0.3 is 0 Å². The van der Waals surface area contributed by atoms with E-state index in [0.717, 1.165) is 12.8 Å². The van der Waals surface area contributed by atoms with Crippen molar-refractivity contribution in [2.75, 3.05) is 19.8 Å². The van der Waals surface area contributed by atoms with Gasteiger partial charge in [-0.3, -0.25) is 4.79 Å². The van der Waals surface area contributed by atoms with Crippen LogP contribution in [-0.4, -0.2) is 35.7 Å². The highest BCUT2D eigenvalue weighted by Gasteiger charge is 2.26. The third kappa shape index (κ3) is 3.29. The molecule has 0 saturated heterocycles. The second-order valence-corrected chi connectivity index (χ2v) is 5.95. The van der Waals surface area contributed by atoms with Crippen molar-refractivity contribution in [2.24, 2.45) is 4.99 Å². The van der Waals surface area contributed by atoms with Gasteiger partial charge in [-0.2, -0.15) is 0 Å². The molecule has 114 valence electrons. The number of carbonyl (C=O) groups is 1. The molecule has 1 fully saturated rings. The van der Waals surface area contributed by atoms with E-state index in [1.807, 2.05) is 4.57 Å². The molecule has 6 heteroatoms. The number of hydrogen-bond acceptors (Lipinski definition) is 3. The summed E-state index contributed by atoms with van der Waals surface area (Å²) in [4.78, 5) is 17.9. The van der Waals surface area contributed by atoms with Crippen molar-refractivity contribution in [3.8, 4) is 0 Å². The van der Waals surface area contributed by atoms with Crippen molar-refractivity contribution in [1.82, 2.24) is 9.47 Å². The van der Waals surface area contributed by atoms with Gasteiger partial charge in [0.1, 0.15) is 16.7 Å². The van der Waals surface area contributed by atoms with Crippen LogP contribution in [0.15, 0.2) is 22.8 Å². The first-order valence-corrected chi connectivity index (χ1v) is 7.40. The van der Waals surface area contributed by atoms with E-state index in [2.05, 4.69) is 11.6 Å². The van der Waals surface area contributed by atoms with E-state index >= 15 is 0 Å². The Labute approximate surface area is 130 Å². The van der Waals surface area contributed by atoms with Gasteiger partial charge < -0.3 is 15.2 Å². The topological polar surface area (TPSA) is 63.6 Å². The molecular weight excluding hydrogens is 288 g/mol. The minimum absolute atomic E-state index is 0.0575. The number of amides is 1. The van der Waals surface area contributed by atoms with Gasteiger partial charge in [-0.15, -0.1) is 0 Å². The van der Waals surface area contributed by atoms with Gasteiger partial charge in [-0.1, -0.05) is 31.0 Å². The Morgan fingerprint density at radius 1 is 1.52 bits per heavy atom. The number of aliphatic imine (C=N–C) groups is 1. The molecule has 1 amide bonds. The fourth-order valence-corrected chi connectivity index (χ4v) is 2.80. The van der Waals surface area contributed by atoms with E-state index in [4.69, 9.17) is 17.3 Å². The van der Waals surface area contributed by atoms with Crippen LogP contribution < -0.4 is 5.73 Å². The molecule has 2 N–H and O–H groups in total. The molecule has 0 unspecified atom stereocenters. The fraction of sp³-hybridized carbons (Fsp3) is 0.467. The zero-order chi connectivity index (χ0) is 15.6. The summed E-state index contributed by atoms with van der Waals surface area (Å²) in [5, 5.41) is 0.184. The summed E-state index contributed by atoms with van der Waals surface area (Å²) in [7, 11) is 3.47. The number of nitrogens with two attached hydrogens (primary N) is 1. The predicted octanol–water partition coefficient (Wildman–Crippen LogP) is 3.02. The number of anilines is 1. The van der Waals surface area contributed by atoms with Gasteiger partial charge in [0, 0.05) is 31.9 Å². The number of hydrogen-bond donors (Lipinski definition) is 1. The maximum Gasteiger partial charge on any atom is 0.270 e. The second-order valence-electron chi connectivity index (χ2n) is 5.51. The van der Waals surface area contributed by atoms with Crippen molar-refractivity contribution < 1.29 is 4.79 Å². The zero-order valence-corrected chi connectivity index (χ0v) is 13.2. The molecule has 1 aromatic heterocycles. The Hall–Kier alpha value is -1.75. The van der Waals surface area contributed by atoms with Gasteiger partial charge in [0.25, 0.3) is 5.91 Å². The molecule has 0 aliphatic heterocycles. The SMILES string of the molecule is C=C(Cl)/N=C\c1cc(C(=O)N(C)C)n(C2CCCC2)c1N. The molecule has 1 heterocycles. The molecule has 0 aromatic carbocycles. The van der Waals surface area contributed by atoms with Gasteiger partial charge in [-0.05, 0) is 18.9 Å². The smallest absolute Gasteiger partial charge is 0.270 e. The molecule has 5 nitrogen and oxygen atoms in total. The molecular formula is C15H21ClN4O. The summed E-state index contributed by atoms with van der Waals surface area (Å²) in [5.74, 6) is 0.506. The number of nitrogen functional groups attached to an aromatic ring is 1. The summed E-state index contributed by atoms with van der Waals surface area (Å²) in [5.41, 5.74) is 7.54. The lowest BCUT2D eigenvalue weighted by Crippen LogP contribution is -2.26. The predicted molar refractivity (Wildman–Crippen MR) is 87.0 cm³/mol. The normalized spacial score (nSPS) is 15.8. The maximum absolute atomic E-state index is 12.4. The summed E-state index contributed by atoms with van der Waals surface area (Å²) >= 11 is 5.65. The first-order valence-electron chi connectivity index (χ1n) is 7.02. The number of carbonyl (C=O) groups excluding carboxylic acids is 1. The highest BCUT2D eigenvalue weighted by atomic mass is 35.5. The first-order chi connectivity index (χ1) is 9.91. The highest BCUT2D eigenvalue weighted by Crippen LogP contribution is 2.35. The van der Waals surface area contributed by atoms with Crippen LogP contribution in [0.5, 0.6) is 0 Å². The van der Waals surface area contributed by atoms with Crippen molar-refractivity contribution in [1.29, 1.82) is 0 Å². The fourth-order valence-electron chi connectivity index (χ4n) is 2.75. The van der Waals surface area contributed by atoms with Crippen LogP contribution in [0.2, 0.25) is 0 Å². The third-order valence-corrected chi connectivity index (χ3v) is 3.86. The van der Waals surface area contributed by atoms with Crippen molar-refractivity contribution >= 4 is 29.5 Å². The van der Waals surface area contributed by atoms with E-state index < -0.39 is 0 Å². The molecule has 1 aromatic rings. The van der Waals surface area contributed by atoms with Gasteiger partial charge in [0.05, 0.1) is 0 Å². The van der Waals surface area contributed by atoms with E-state index in [1.54, 1.807) is 31.3 Å². The molecule has 21 heavy (non-hydrogen) atoms. The Morgan fingerprint density at radius 2 is 2.14 bits per heavy atom. The lowest BCUT2D eigenvalue weighted by atomic mass is 10.2. The van der Waals surface area contributed by atoms with Crippen LogP contribution in [0.3, 0.4) is 0 Å². The van der Waals surface area contributed by atoms with E-state index in [1.165, 1.54) is 12.8 Å². The van der Waals surface area contributed by atoms with Gasteiger partial charge in [0.15, 0.2) is 0 Å². The molecule has 1 saturated carbocycles. The second kappa shape index (κ2) is 6.35. The Morgan fingerprint density at radius 3 is 2.67 bits per heavy atom. The number of aromatic nitrogens is 1. The quantitative estimate of drug-likeness (QED) is 0.686. The number of halogens is 1. The van der Waals surface area contributed by atoms with Crippen molar-refractivity contribution in [2.45, 2.75) is 31.7 Å². The Bertz CT molecular complexity index is 583. The lowest BCUT2D eigenvalue weighted by Gasteiger charge is -2.19. The first kappa shape index (κ1) is 15.6. The average molecular weight is 309 g/mol. The summed E-state index contributed by atoms with van der Waals surface area (Å²) in [6.45, 7) is 3.51. The van der Waals surface area contributed by atoms with Crippen molar-refractivity contribution in [3.63, 3.8) is 0 Å². The van der Waals surface area contributed by atoms with Gasteiger partial charge in [0.2, 0.25) is 0 Å². The van der Waals surface area contributed by atoms with E-state index in [9.17, 15) is 4.79 Å². The molecule has 0 radical (unpaired) electrons. The standard InChI is InChI=1S/C15H21ClN4O/c1-10(16)18-9-11-8-13(15(21)19(2)3)20(14(11)17)12-6-4-5-7-12/h8-9,12H,1,4-7,17H2,2-3H3/b18-9-. The summed E-state index contributed by atoms with van der Waals surface area (Å²) < 4.78 is 1.95. The molecule has 1 aliphatic carbocycles. The van der Waals surface area contributed by atoms with E-state index in [-0.39, 0.29) is 17.1 Å². The number of rotatable bonds is 4. The van der Waals surface area contributed by atoms with Crippen LogP contribution in [0.1, 0.15) is 47.8 Å². The molecule has 2 rings (SSSR count). The lowest BCUT2D eigenvalue weighted by molar-refractivity contribution is 0.0815. The summed E-state index contributed by atoms with van der Waals surface area (Å²) in [6.07, 6.45) is 5.99. The third-order valence-electron chi connectivity index (χ3n) is 3.77. The summed E-state index contributed by atoms with van der Waals surface area (Å²) in [6, 6.07) is 2.06. The largest absolute Gasteiger partial charge is 0.385 e. The molecule has 0 atom stereocenters. The molecule has 1 aliphatic rings. The van der Waals surface area contributed by atoms with Crippen LogP contribution in [0.25, 0.3) is 0 Å². The molecule has 0 bridgehead atoms. The Balaban J connectivity index is 2.48. The van der Waals surface area contributed by atoms with E-state index in [0.29, 0.717) is 17.1 Å². The van der Waals surface area contributed by atoms with Crippen molar-refractivity contribution in [3.05, 3.63) is 29.1 Å². The minimum Gasteiger partial charge on any atom is -0.385 e. The molecule has 0 spiro atoms.